The number of benzene rings is 3. The Labute approximate surface area is 140 Å². The molecule has 118 valence electrons. The second kappa shape index (κ2) is 4.88. The monoisotopic (exact) mass is 313 g/mol. The first kappa shape index (κ1) is 13.7. The highest BCUT2D eigenvalue weighted by atomic mass is 16.3. The van der Waals surface area contributed by atoms with Crippen LogP contribution in [-0.2, 0) is 13.5 Å². The summed E-state index contributed by atoms with van der Waals surface area (Å²) in [5.74, 6) is 0. The van der Waals surface area contributed by atoms with Crippen molar-refractivity contribution >= 4 is 43.7 Å². The molecule has 0 saturated carbocycles. The van der Waals surface area contributed by atoms with Gasteiger partial charge in [-0.15, -0.1) is 0 Å². The van der Waals surface area contributed by atoms with Crippen LogP contribution in [0.4, 0.5) is 0 Å². The molecule has 2 nitrogen and oxygen atoms in total. The van der Waals surface area contributed by atoms with Crippen LogP contribution in [0.2, 0.25) is 0 Å². The van der Waals surface area contributed by atoms with Crippen molar-refractivity contribution in [2.75, 3.05) is 0 Å². The molecule has 0 saturated heterocycles. The lowest BCUT2D eigenvalue weighted by atomic mass is 9.99. The molecule has 2 heteroatoms. The van der Waals surface area contributed by atoms with E-state index in [-0.39, 0.29) is 0 Å². The Morgan fingerprint density at radius 2 is 1.62 bits per heavy atom. The van der Waals surface area contributed by atoms with Crippen molar-refractivity contribution < 1.29 is 4.42 Å². The smallest absolute Gasteiger partial charge is 0.145 e. The van der Waals surface area contributed by atoms with Crippen molar-refractivity contribution in [1.29, 1.82) is 0 Å². The minimum absolute atomic E-state index is 0.977. The Kier molecular flexibility index (Phi) is 2.78. The summed E-state index contributed by atoms with van der Waals surface area (Å²) in [6.45, 7) is 2.24. The Morgan fingerprint density at radius 3 is 2.46 bits per heavy atom. The van der Waals surface area contributed by atoms with Crippen LogP contribution in [0.3, 0.4) is 0 Å². The van der Waals surface area contributed by atoms with E-state index in [1.165, 1.54) is 38.1 Å². The minimum atomic E-state index is 0.977. The third-order valence-electron chi connectivity index (χ3n) is 5.13. The summed E-state index contributed by atoms with van der Waals surface area (Å²) in [5.41, 5.74) is 5.91. The van der Waals surface area contributed by atoms with Crippen LogP contribution in [0.5, 0.6) is 0 Å². The molecular formula is C22H19NO. The van der Waals surface area contributed by atoms with E-state index in [2.05, 4.69) is 67.1 Å². The van der Waals surface area contributed by atoms with Crippen LogP contribution in [-0.4, -0.2) is 4.57 Å². The fraction of sp³-hybridized carbons (Fsp3) is 0.182. The molecule has 0 N–H and O–H groups in total. The molecule has 0 bridgehead atoms. The first-order chi connectivity index (χ1) is 11.8. The number of aromatic nitrogens is 1. The number of rotatable bonds is 2. The molecule has 0 aliphatic heterocycles. The van der Waals surface area contributed by atoms with Crippen molar-refractivity contribution in [3.8, 4) is 0 Å². The second-order valence-electron chi connectivity index (χ2n) is 6.56. The maximum absolute atomic E-state index is 6.36. The lowest BCUT2D eigenvalue weighted by Crippen LogP contribution is -1.90. The summed E-state index contributed by atoms with van der Waals surface area (Å²) >= 11 is 0. The highest BCUT2D eigenvalue weighted by Crippen LogP contribution is 2.41. The summed E-state index contributed by atoms with van der Waals surface area (Å²) in [7, 11) is 2.15. The number of aryl methyl sites for hydroxylation is 2. The van der Waals surface area contributed by atoms with Gasteiger partial charge < -0.3 is 8.98 Å². The van der Waals surface area contributed by atoms with E-state index in [4.69, 9.17) is 4.42 Å². The van der Waals surface area contributed by atoms with Crippen molar-refractivity contribution in [3.05, 3.63) is 60.2 Å². The van der Waals surface area contributed by atoms with Gasteiger partial charge >= 0.3 is 0 Å². The van der Waals surface area contributed by atoms with Gasteiger partial charge in [-0.25, -0.2) is 0 Å². The molecule has 5 rings (SSSR count). The van der Waals surface area contributed by atoms with Gasteiger partial charge in [-0.1, -0.05) is 49.7 Å². The molecule has 0 amide bonds. The number of hydrogen-bond acceptors (Lipinski definition) is 1. The van der Waals surface area contributed by atoms with Gasteiger partial charge in [0.25, 0.3) is 0 Å². The Balaban J connectivity index is 2.11. The number of fused-ring (bicyclic) bond motifs is 7. The zero-order chi connectivity index (χ0) is 16.3. The summed E-state index contributed by atoms with van der Waals surface area (Å²) in [5, 5.41) is 5.02. The number of para-hydroxylation sites is 2. The molecule has 0 aliphatic rings. The fourth-order valence-electron chi connectivity index (χ4n) is 4.06. The van der Waals surface area contributed by atoms with Gasteiger partial charge in [0.1, 0.15) is 11.2 Å². The predicted molar refractivity (Wildman–Crippen MR) is 102 cm³/mol. The molecule has 0 fully saturated rings. The largest absolute Gasteiger partial charge is 0.455 e. The number of furan rings is 1. The zero-order valence-corrected chi connectivity index (χ0v) is 14.0. The molecule has 5 aromatic rings. The van der Waals surface area contributed by atoms with Gasteiger partial charge in [-0.05, 0) is 30.2 Å². The predicted octanol–water partition coefficient (Wildman–Crippen LogP) is 6.18. The molecular weight excluding hydrogens is 294 g/mol. The molecule has 24 heavy (non-hydrogen) atoms. The maximum atomic E-state index is 6.36. The third-order valence-corrected chi connectivity index (χ3v) is 5.13. The van der Waals surface area contributed by atoms with E-state index < -0.39 is 0 Å². The standard InChI is InChI=1S/C22H19NO/c1-3-8-14-13-18-21(15-9-4-6-11-17(15)23(18)2)22-20(14)16-10-5-7-12-19(16)24-22/h4-7,9-13H,3,8H2,1-2H3. The Bertz CT molecular complexity index is 1220. The first-order valence-corrected chi connectivity index (χ1v) is 8.60. The normalized spacial score (nSPS) is 12.1. The van der Waals surface area contributed by atoms with Crippen LogP contribution < -0.4 is 0 Å². The Morgan fingerprint density at radius 1 is 0.875 bits per heavy atom. The highest BCUT2D eigenvalue weighted by molar-refractivity contribution is 6.24. The molecule has 2 aromatic heterocycles. The minimum Gasteiger partial charge on any atom is -0.455 e. The molecule has 0 radical (unpaired) electrons. The van der Waals surface area contributed by atoms with Gasteiger partial charge in [0.05, 0.1) is 10.9 Å². The van der Waals surface area contributed by atoms with Crippen LogP contribution in [0.15, 0.2) is 59.0 Å². The first-order valence-electron chi connectivity index (χ1n) is 8.60. The number of nitrogens with zero attached hydrogens (tertiary/aromatic N) is 1. The van der Waals surface area contributed by atoms with E-state index in [1.807, 2.05) is 6.07 Å². The zero-order valence-electron chi connectivity index (χ0n) is 14.0. The summed E-state index contributed by atoms with van der Waals surface area (Å²) in [6.07, 6.45) is 2.20. The maximum Gasteiger partial charge on any atom is 0.145 e. The Hall–Kier alpha value is -2.74. The SMILES string of the molecule is CCCc1cc2c(c3ccccc3n2C)c2oc3ccccc3c12. The molecule has 2 heterocycles. The second-order valence-corrected chi connectivity index (χ2v) is 6.56. The van der Waals surface area contributed by atoms with Gasteiger partial charge in [0, 0.05) is 28.7 Å². The highest BCUT2D eigenvalue weighted by Gasteiger charge is 2.19. The third kappa shape index (κ3) is 1.66. The van der Waals surface area contributed by atoms with Crippen molar-refractivity contribution in [2.24, 2.45) is 7.05 Å². The molecule has 0 unspecified atom stereocenters. The topological polar surface area (TPSA) is 18.1 Å². The van der Waals surface area contributed by atoms with E-state index >= 15 is 0 Å². The van der Waals surface area contributed by atoms with Gasteiger partial charge in [-0.3, -0.25) is 0 Å². The summed E-state index contributed by atoms with van der Waals surface area (Å²) in [6, 6.07) is 19.3. The fourth-order valence-corrected chi connectivity index (χ4v) is 4.06. The molecule has 0 atom stereocenters. The number of hydrogen-bond donors (Lipinski definition) is 0. The average Bonchev–Trinajstić information content (AvgIpc) is 3.12. The van der Waals surface area contributed by atoms with Crippen molar-refractivity contribution in [2.45, 2.75) is 19.8 Å². The van der Waals surface area contributed by atoms with E-state index in [0.717, 1.165) is 24.0 Å². The average molecular weight is 313 g/mol. The molecule has 3 aromatic carbocycles. The van der Waals surface area contributed by atoms with Crippen LogP contribution >= 0.6 is 0 Å². The van der Waals surface area contributed by atoms with Crippen molar-refractivity contribution in [3.63, 3.8) is 0 Å². The summed E-state index contributed by atoms with van der Waals surface area (Å²) < 4.78 is 8.65. The molecule has 0 spiro atoms. The van der Waals surface area contributed by atoms with Crippen LogP contribution in [0.25, 0.3) is 43.7 Å². The lowest BCUT2D eigenvalue weighted by Gasteiger charge is -2.05. The van der Waals surface area contributed by atoms with Crippen LogP contribution in [0.1, 0.15) is 18.9 Å². The van der Waals surface area contributed by atoms with Gasteiger partial charge in [-0.2, -0.15) is 0 Å². The lowest BCUT2D eigenvalue weighted by molar-refractivity contribution is 0.672. The van der Waals surface area contributed by atoms with E-state index in [0.29, 0.717) is 0 Å². The molecule has 0 aliphatic carbocycles. The van der Waals surface area contributed by atoms with Gasteiger partial charge in [0.2, 0.25) is 0 Å². The van der Waals surface area contributed by atoms with Crippen LogP contribution in [0, 0.1) is 0 Å². The quantitative estimate of drug-likeness (QED) is 0.380. The van der Waals surface area contributed by atoms with Gasteiger partial charge in [0.15, 0.2) is 0 Å². The van der Waals surface area contributed by atoms with E-state index in [9.17, 15) is 0 Å². The van der Waals surface area contributed by atoms with Crippen molar-refractivity contribution in [1.82, 2.24) is 4.57 Å². The summed E-state index contributed by atoms with van der Waals surface area (Å²) in [4.78, 5) is 0. The van der Waals surface area contributed by atoms with E-state index in [1.54, 1.807) is 0 Å².